The fourth-order valence-corrected chi connectivity index (χ4v) is 3.63. The number of fused-ring (bicyclic) bond motifs is 1. The Balaban J connectivity index is 2.02. The lowest BCUT2D eigenvalue weighted by molar-refractivity contribution is 0.0495. The van der Waals surface area contributed by atoms with Gasteiger partial charge in [0.05, 0.1) is 12.3 Å². The first-order valence-electron chi connectivity index (χ1n) is 10.7. The highest BCUT2D eigenvalue weighted by atomic mass is 16.5. The van der Waals surface area contributed by atoms with Crippen molar-refractivity contribution in [1.29, 1.82) is 0 Å². The van der Waals surface area contributed by atoms with Crippen molar-refractivity contribution in [2.24, 2.45) is 7.05 Å². The Morgan fingerprint density at radius 1 is 1.03 bits per heavy atom. The van der Waals surface area contributed by atoms with Crippen molar-refractivity contribution >= 4 is 17.1 Å². The number of benzene rings is 2. The van der Waals surface area contributed by atoms with Crippen molar-refractivity contribution in [3.8, 4) is 17.1 Å². The maximum Gasteiger partial charge on any atom is 0.359 e. The lowest BCUT2D eigenvalue weighted by Gasteiger charge is -2.10. The number of rotatable bonds is 6. The summed E-state index contributed by atoms with van der Waals surface area (Å²) in [6, 6.07) is 15.3. The molecule has 0 spiro atoms. The van der Waals surface area contributed by atoms with Gasteiger partial charge in [0.25, 0.3) is 0 Å². The zero-order valence-corrected chi connectivity index (χ0v) is 18.8. The molecule has 0 radical (unpaired) electrons. The molecule has 0 atom stereocenters. The molecule has 32 heavy (non-hydrogen) atoms. The molecular formula is C25H26N4O3. The van der Waals surface area contributed by atoms with Gasteiger partial charge in [0.2, 0.25) is 0 Å². The predicted octanol–water partition coefficient (Wildman–Crippen LogP) is 4.36. The lowest BCUT2D eigenvalue weighted by atomic mass is 10.1. The maximum atomic E-state index is 13.3. The Bertz CT molecular complexity index is 1350. The van der Waals surface area contributed by atoms with E-state index < -0.39 is 5.97 Å². The zero-order chi connectivity index (χ0) is 22.8. The van der Waals surface area contributed by atoms with E-state index in [0.29, 0.717) is 29.3 Å². The molecule has 4 rings (SSSR count). The fourth-order valence-electron chi connectivity index (χ4n) is 3.63. The van der Waals surface area contributed by atoms with E-state index in [1.54, 1.807) is 7.05 Å². The first-order valence-corrected chi connectivity index (χ1v) is 10.7. The average molecular weight is 431 g/mol. The Morgan fingerprint density at radius 3 is 2.44 bits per heavy atom. The van der Waals surface area contributed by atoms with Crippen LogP contribution in [-0.2, 0) is 11.8 Å². The number of para-hydroxylation sites is 1. The van der Waals surface area contributed by atoms with E-state index in [9.17, 15) is 9.59 Å². The maximum absolute atomic E-state index is 13.3. The summed E-state index contributed by atoms with van der Waals surface area (Å²) in [6.45, 7) is 6.26. The minimum atomic E-state index is -0.559. The van der Waals surface area contributed by atoms with Crippen LogP contribution in [0.4, 0.5) is 0 Å². The van der Waals surface area contributed by atoms with Gasteiger partial charge in [-0.25, -0.2) is 24.1 Å². The molecular weight excluding hydrogens is 404 g/mol. The number of aryl methyl sites for hydroxylation is 3. The van der Waals surface area contributed by atoms with Crippen molar-refractivity contribution in [3.05, 3.63) is 75.8 Å². The fraction of sp³-hybridized carbons (Fsp3) is 0.280. The second-order valence-electron chi connectivity index (χ2n) is 7.89. The molecule has 0 amide bonds. The van der Waals surface area contributed by atoms with Gasteiger partial charge in [-0.1, -0.05) is 61.4 Å². The molecule has 0 aliphatic carbocycles. The number of esters is 1. The monoisotopic (exact) mass is 430 g/mol. The Morgan fingerprint density at radius 2 is 1.75 bits per heavy atom. The highest BCUT2D eigenvalue weighted by Crippen LogP contribution is 2.25. The molecule has 0 bridgehead atoms. The minimum Gasteiger partial charge on any atom is -0.461 e. The van der Waals surface area contributed by atoms with Crippen molar-refractivity contribution in [3.63, 3.8) is 0 Å². The third-order valence-electron chi connectivity index (χ3n) is 5.48. The largest absolute Gasteiger partial charge is 0.461 e. The number of aromatic nitrogens is 4. The van der Waals surface area contributed by atoms with Crippen LogP contribution in [0.1, 0.15) is 41.4 Å². The summed E-state index contributed by atoms with van der Waals surface area (Å²) < 4.78 is 8.41. The van der Waals surface area contributed by atoms with Crippen LogP contribution in [-0.4, -0.2) is 31.7 Å². The third kappa shape index (κ3) is 3.82. The molecule has 7 heteroatoms. The number of unbranched alkanes of at least 4 members (excludes halogenated alkanes) is 1. The number of nitrogens with zero attached hydrogens (tertiary/aromatic N) is 4. The van der Waals surface area contributed by atoms with E-state index in [4.69, 9.17) is 9.72 Å². The van der Waals surface area contributed by atoms with Crippen LogP contribution >= 0.6 is 0 Å². The normalized spacial score (nSPS) is 11.1. The average Bonchev–Trinajstić information content (AvgIpc) is 3.04. The Labute approximate surface area is 186 Å². The topological polar surface area (TPSA) is 79.0 Å². The molecule has 0 saturated carbocycles. The highest BCUT2D eigenvalue weighted by molar-refractivity contribution is 6.00. The van der Waals surface area contributed by atoms with Crippen molar-refractivity contribution in [2.75, 3.05) is 6.61 Å². The van der Waals surface area contributed by atoms with Crippen molar-refractivity contribution in [1.82, 2.24) is 19.1 Å². The molecule has 4 aromatic rings. The third-order valence-corrected chi connectivity index (χ3v) is 5.48. The smallest absolute Gasteiger partial charge is 0.359 e. The first-order chi connectivity index (χ1) is 15.4. The van der Waals surface area contributed by atoms with Crippen molar-refractivity contribution in [2.45, 2.75) is 33.6 Å². The zero-order valence-electron chi connectivity index (χ0n) is 18.8. The van der Waals surface area contributed by atoms with E-state index in [0.717, 1.165) is 29.5 Å². The number of hydrogen-bond donors (Lipinski definition) is 0. The van der Waals surface area contributed by atoms with Crippen LogP contribution in [0.25, 0.3) is 28.2 Å². The summed E-state index contributed by atoms with van der Waals surface area (Å²) in [7, 11) is 1.62. The van der Waals surface area contributed by atoms with Crippen LogP contribution < -0.4 is 5.69 Å². The number of hydrogen-bond acceptors (Lipinski definition) is 5. The Hall–Kier alpha value is -3.74. The number of ether oxygens (including phenoxy) is 1. The van der Waals surface area contributed by atoms with E-state index >= 15 is 0 Å². The van der Waals surface area contributed by atoms with Gasteiger partial charge in [-0.2, -0.15) is 0 Å². The van der Waals surface area contributed by atoms with E-state index in [1.807, 2.05) is 69.3 Å². The highest BCUT2D eigenvalue weighted by Gasteiger charge is 2.25. The van der Waals surface area contributed by atoms with Crippen LogP contribution in [0.15, 0.2) is 53.3 Å². The lowest BCUT2D eigenvalue weighted by Crippen LogP contribution is -2.21. The summed E-state index contributed by atoms with van der Waals surface area (Å²) >= 11 is 0. The Kier molecular flexibility index (Phi) is 5.90. The van der Waals surface area contributed by atoms with E-state index in [1.165, 1.54) is 9.13 Å². The molecule has 2 aromatic carbocycles. The second kappa shape index (κ2) is 8.78. The molecule has 164 valence electrons. The van der Waals surface area contributed by atoms with E-state index in [2.05, 4.69) is 4.98 Å². The summed E-state index contributed by atoms with van der Waals surface area (Å²) in [5.41, 5.74) is 4.02. The first kappa shape index (κ1) is 21.5. The van der Waals surface area contributed by atoms with Crippen LogP contribution in [0.2, 0.25) is 0 Å². The molecule has 0 aliphatic heterocycles. The molecule has 0 fully saturated rings. The molecule has 0 unspecified atom stereocenters. The molecule has 0 N–H and O–H groups in total. The van der Waals surface area contributed by atoms with Gasteiger partial charge in [0.15, 0.2) is 17.2 Å². The predicted molar refractivity (Wildman–Crippen MR) is 124 cm³/mol. The van der Waals surface area contributed by atoms with Gasteiger partial charge in [-0.05, 0) is 31.9 Å². The minimum absolute atomic E-state index is 0.0913. The van der Waals surface area contributed by atoms with Gasteiger partial charge in [0, 0.05) is 12.6 Å². The van der Waals surface area contributed by atoms with Gasteiger partial charge in [0.1, 0.15) is 5.52 Å². The number of imidazole rings is 1. The van der Waals surface area contributed by atoms with Crippen LogP contribution in [0.3, 0.4) is 0 Å². The van der Waals surface area contributed by atoms with Gasteiger partial charge in [-0.3, -0.25) is 4.57 Å². The van der Waals surface area contributed by atoms with Crippen LogP contribution in [0.5, 0.6) is 0 Å². The molecule has 7 nitrogen and oxygen atoms in total. The number of carbonyl (C=O) groups is 1. The second-order valence-corrected chi connectivity index (χ2v) is 7.89. The quantitative estimate of drug-likeness (QED) is 0.335. The molecule has 2 heterocycles. The summed E-state index contributed by atoms with van der Waals surface area (Å²) in [5.74, 6) is -0.190. The molecule has 0 aliphatic rings. The SMILES string of the molecule is CCCCOC(=O)c1nc(-c2ccc(C)cc2)nc2c1n(C)c(=O)n2-c1ccccc1C. The van der Waals surface area contributed by atoms with Crippen molar-refractivity contribution < 1.29 is 9.53 Å². The summed E-state index contributed by atoms with van der Waals surface area (Å²) in [4.78, 5) is 35.6. The van der Waals surface area contributed by atoms with Crippen LogP contribution in [0, 0.1) is 13.8 Å². The van der Waals surface area contributed by atoms with E-state index in [-0.39, 0.29) is 11.4 Å². The van der Waals surface area contributed by atoms with Gasteiger partial charge >= 0.3 is 11.7 Å². The summed E-state index contributed by atoms with van der Waals surface area (Å²) in [5, 5.41) is 0. The van der Waals surface area contributed by atoms with Gasteiger partial charge in [-0.15, -0.1) is 0 Å². The molecule has 0 saturated heterocycles. The summed E-state index contributed by atoms with van der Waals surface area (Å²) in [6.07, 6.45) is 1.66. The van der Waals surface area contributed by atoms with Gasteiger partial charge < -0.3 is 4.74 Å². The standard InChI is InChI=1S/C25H26N4O3/c1-5-6-15-32-24(30)20-21-23(27-22(26-20)18-13-11-16(2)12-14-18)29(25(31)28(21)4)19-10-8-7-9-17(19)3/h7-14H,5-6,15H2,1-4H3. The molecule has 2 aromatic heterocycles. The number of carbonyl (C=O) groups excluding carboxylic acids is 1.